The van der Waals surface area contributed by atoms with Crippen LogP contribution in [0.4, 0.5) is 0 Å². The summed E-state index contributed by atoms with van der Waals surface area (Å²) in [4.78, 5) is 6.97. The molecule has 3 aromatic rings. The van der Waals surface area contributed by atoms with Gasteiger partial charge in [0.1, 0.15) is 6.33 Å². The smallest absolute Gasteiger partial charge is 0.100 e. The topological polar surface area (TPSA) is 44.9 Å². The number of piperidine rings is 1. The number of imidazole rings is 1. The molecule has 0 aliphatic carbocycles. The van der Waals surface area contributed by atoms with Crippen LogP contribution >= 0.6 is 0 Å². The molecule has 0 atom stereocenters. The van der Waals surface area contributed by atoms with E-state index in [1.54, 1.807) is 0 Å². The van der Waals surface area contributed by atoms with Crippen molar-refractivity contribution in [2.24, 2.45) is 5.41 Å². The number of para-hydroxylation sites is 2. The van der Waals surface area contributed by atoms with E-state index in [2.05, 4.69) is 57.8 Å². The molecule has 1 fully saturated rings. The van der Waals surface area contributed by atoms with Gasteiger partial charge in [0.15, 0.2) is 0 Å². The Morgan fingerprint density at radius 3 is 2.23 bits per heavy atom. The second-order valence-corrected chi connectivity index (χ2v) is 7.69. The predicted octanol–water partition coefficient (Wildman–Crippen LogP) is 6.59. The summed E-state index contributed by atoms with van der Waals surface area (Å²) < 4.78 is 2.13. The lowest BCUT2D eigenvalue weighted by molar-refractivity contribution is 0.116. The van der Waals surface area contributed by atoms with Crippen LogP contribution in [0, 0.1) is 16.7 Å². The van der Waals surface area contributed by atoms with Crippen LogP contribution in [-0.4, -0.2) is 27.5 Å². The Morgan fingerprint density at radius 2 is 1.60 bits per heavy atom. The van der Waals surface area contributed by atoms with E-state index in [1.165, 1.54) is 5.56 Å². The first-order chi connectivity index (χ1) is 14.7. The average molecular weight is 405 g/mol. The first-order valence-corrected chi connectivity index (χ1v) is 11.3. The summed E-state index contributed by atoms with van der Waals surface area (Å²) in [6, 6.07) is 19.3. The van der Waals surface area contributed by atoms with Crippen molar-refractivity contribution >= 4 is 11.0 Å². The average Bonchev–Trinajstić information content (AvgIpc) is 3.23. The summed E-state index contributed by atoms with van der Waals surface area (Å²) >= 11 is 0. The number of likely N-dealkylation sites (tertiary alicyclic amines) is 1. The molecule has 0 unspecified atom stereocenters. The first-order valence-electron chi connectivity index (χ1n) is 11.3. The van der Waals surface area contributed by atoms with Gasteiger partial charge < -0.3 is 0 Å². The molecule has 2 heterocycles. The molecule has 2 aromatic carbocycles. The van der Waals surface area contributed by atoms with E-state index in [0.717, 1.165) is 49.2 Å². The van der Waals surface area contributed by atoms with Gasteiger partial charge in [-0.15, -0.1) is 0 Å². The van der Waals surface area contributed by atoms with Crippen LogP contribution in [0.15, 0.2) is 54.9 Å². The number of rotatable bonds is 4. The third-order valence-electron chi connectivity index (χ3n) is 5.64. The van der Waals surface area contributed by atoms with Gasteiger partial charge in [-0.25, -0.2) is 4.98 Å². The molecule has 0 saturated carbocycles. The van der Waals surface area contributed by atoms with Crippen molar-refractivity contribution in [1.82, 2.24) is 14.5 Å². The quantitative estimate of drug-likeness (QED) is 0.492. The van der Waals surface area contributed by atoms with Gasteiger partial charge in [0.2, 0.25) is 0 Å². The molecule has 0 bridgehead atoms. The Balaban J connectivity index is 0.000000757. The van der Waals surface area contributed by atoms with E-state index < -0.39 is 0 Å². The minimum Gasteiger partial charge on any atom is -0.299 e. The second kappa shape index (κ2) is 11.5. The Bertz CT molecular complexity index is 926. The Labute approximate surface area is 182 Å². The molecular formula is C26H36N4. The zero-order chi connectivity index (χ0) is 22.0. The highest BCUT2D eigenvalue weighted by Crippen LogP contribution is 2.34. The maximum atomic E-state index is 8.99. The molecule has 0 radical (unpaired) electrons. The summed E-state index contributed by atoms with van der Waals surface area (Å²) in [7, 11) is 0. The molecule has 160 valence electrons. The largest absolute Gasteiger partial charge is 0.299 e. The molecule has 30 heavy (non-hydrogen) atoms. The molecule has 0 spiro atoms. The van der Waals surface area contributed by atoms with Gasteiger partial charge in [0.25, 0.3) is 0 Å². The lowest BCUT2D eigenvalue weighted by Gasteiger charge is -2.38. The summed E-state index contributed by atoms with van der Waals surface area (Å²) in [5, 5.41) is 8.99. The normalized spacial score (nSPS) is 15.3. The number of fused-ring (bicyclic) bond motifs is 1. The van der Waals surface area contributed by atoms with E-state index >= 15 is 0 Å². The molecule has 0 amide bonds. The molecule has 4 nitrogen and oxygen atoms in total. The monoisotopic (exact) mass is 404 g/mol. The maximum Gasteiger partial charge on any atom is 0.100 e. The predicted molar refractivity (Wildman–Crippen MR) is 127 cm³/mol. The van der Waals surface area contributed by atoms with Crippen LogP contribution in [0.1, 0.15) is 59.4 Å². The van der Waals surface area contributed by atoms with Crippen molar-refractivity contribution in [2.45, 2.75) is 60.4 Å². The lowest BCUT2D eigenvalue weighted by atomic mass is 9.78. The summed E-state index contributed by atoms with van der Waals surface area (Å²) in [5.74, 6) is 0. The third-order valence-corrected chi connectivity index (χ3v) is 5.64. The highest BCUT2D eigenvalue weighted by atomic mass is 15.1. The van der Waals surface area contributed by atoms with Gasteiger partial charge in [0.05, 0.1) is 17.1 Å². The zero-order valence-corrected chi connectivity index (χ0v) is 19.2. The number of aromatic nitrogens is 2. The maximum absolute atomic E-state index is 8.99. The summed E-state index contributed by atoms with van der Waals surface area (Å²) in [6.07, 6.45) is 4.79. The van der Waals surface area contributed by atoms with Gasteiger partial charge >= 0.3 is 0 Å². The van der Waals surface area contributed by atoms with Crippen LogP contribution in [0.2, 0.25) is 0 Å². The van der Waals surface area contributed by atoms with E-state index in [1.807, 2.05) is 52.2 Å². The summed E-state index contributed by atoms with van der Waals surface area (Å²) in [6.45, 7) is 13.4. The fourth-order valence-corrected chi connectivity index (χ4v) is 3.80. The van der Waals surface area contributed by atoms with E-state index in [4.69, 9.17) is 5.26 Å². The van der Waals surface area contributed by atoms with E-state index in [-0.39, 0.29) is 5.41 Å². The number of benzene rings is 2. The third kappa shape index (κ3) is 5.70. The van der Waals surface area contributed by atoms with E-state index in [0.29, 0.717) is 6.42 Å². The number of nitrogens with zero attached hydrogens (tertiary/aromatic N) is 4. The van der Waals surface area contributed by atoms with Crippen LogP contribution in [0.25, 0.3) is 16.7 Å². The van der Waals surface area contributed by atoms with Crippen molar-refractivity contribution in [2.75, 3.05) is 13.1 Å². The number of nitriles is 1. The van der Waals surface area contributed by atoms with Gasteiger partial charge in [-0.1, -0.05) is 58.9 Å². The van der Waals surface area contributed by atoms with Crippen molar-refractivity contribution in [3.05, 3.63) is 60.4 Å². The van der Waals surface area contributed by atoms with E-state index in [9.17, 15) is 0 Å². The molecule has 1 aromatic heterocycles. The fourth-order valence-electron chi connectivity index (χ4n) is 3.80. The number of hydrogen-bond acceptors (Lipinski definition) is 3. The lowest BCUT2D eigenvalue weighted by Crippen LogP contribution is -2.38. The molecule has 1 saturated heterocycles. The summed E-state index contributed by atoms with van der Waals surface area (Å²) in [5.41, 5.74) is 4.83. The highest BCUT2D eigenvalue weighted by Gasteiger charge is 2.29. The minimum absolute atomic E-state index is 0.206. The Hall–Kier alpha value is -2.64. The Kier molecular flexibility index (Phi) is 9.08. The van der Waals surface area contributed by atoms with Crippen molar-refractivity contribution in [1.29, 1.82) is 5.26 Å². The molecule has 1 aliphatic rings. The van der Waals surface area contributed by atoms with Crippen LogP contribution in [0.5, 0.6) is 0 Å². The molecule has 4 heteroatoms. The molecular weight excluding hydrogens is 368 g/mol. The number of hydrogen-bond donors (Lipinski definition) is 0. The first kappa shape index (κ1) is 23.6. The Morgan fingerprint density at radius 1 is 0.967 bits per heavy atom. The SMILES string of the molecule is CC.CC.CC1(CC#N)CCN(Cc2ccc(-n3cnc4ccccc43)cc2)CC1. The van der Waals surface area contributed by atoms with Crippen LogP contribution in [-0.2, 0) is 6.54 Å². The van der Waals surface area contributed by atoms with Gasteiger partial charge in [0, 0.05) is 18.7 Å². The van der Waals surface area contributed by atoms with Crippen LogP contribution in [0.3, 0.4) is 0 Å². The van der Waals surface area contributed by atoms with Crippen LogP contribution < -0.4 is 0 Å². The van der Waals surface area contributed by atoms with Gasteiger partial charge in [-0.3, -0.25) is 9.47 Å². The zero-order valence-electron chi connectivity index (χ0n) is 19.2. The van der Waals surface area contributed by atoms with Crippen molar-refractivity contribution < 1.29 is 0 Å². The highest BCUT2D eigenvalue weighted by molar-refractivity contribution is 5.77. The molecule has 1 aliphatic heterocycles. The molecule has 0 N–H and O–H groups in total. The minimum atomic E-state index is 0.206. The van der Waals surface area contributed by atoms with Crippen molar-refractivity contribution in [3.8, 4) is 11.8 Å². The standard InChI is InChI=1S/C22H24N4.2C2H6/c1-22(10-13-23)11-14-25(15-12-22)16-18-6-8-19(9-7-18)26-17-24-20-4-2-3-5-21(20)26;2*1-2/h2-9,17H,10-12,14-16H2,1H3;2*1-2H3. The van der Waals surface area contributed by atoms with Crippen molar-refractivity contribution in [3.63, 3.8) is 0 Å². The fraction of sp³-hybridized carbons (Fsp3) is 0.462. The van der Waals surface area contributed by atoms with Gasteiger partial charge in [-0.2, -0.15) is 5.26 Å². The second-order valence-electron chi connectivity index (χ2n) is 7.69. The molecule has 4 rings (SSSR count). The van der Waals surface area contributed by atoms with Gasteiger partial charge in [-0.05, 0) is 61.2 Å².